The first kappa shape index (κ1) is 14.4. The molecule has 0 spiro atoms. The van der Waals surface area contributed by atoms with E-state index < -0.39 is 10.0 Å². The Morgan fingerprint density at radius 2 is 1.85 bits per heavy atom. The normalized spacial score (nSPS) is 11.3. The molecule has 4 N–H and O–H groups in total. The summed E-state index contributed by atoms with van der Waals surface area (Å²) in [5.41, 5.74) is 6.93. The van der Waals surface area contributed by atoms with Crippen molar-refractivity contribution in [3.8, 4) is 11.5 Å². The van der Waals surface area contributed by atoms with Crippen LogP contribution in [-0.4, -0.2) is 8.42 Å². The highest BCUT2D eigenvalue weighted by Gasteiger charge is 2.15. The van der Waals surface area contributed by atoms with E-state index in [1.165, 1.54) is 12.1 Å². The monoisotopic (exact) mass is 292 g/mol. The lowest BCUT2D eigenvalue weighted by Crippen LogP contribution is -2.14. The van der Waals surface area contributed by atoms with Gasteiger partial charge < -0.3 is 10.5 Å². The summed E-state index contributed by atoms with van der Waals surface area (Å²) >= 11 is 0. The van der Waals surface area contributed by atoms with Crippen LogP contribution in [0.2, 0.25) is 0 Å². The van der Waals surface area contributed by atoms with Gasteiger partial charge in [-0.1, -0.05) is 25.1 Å². The zero-order valence-corrected chi connectivity index (χ0v) is 11.9. The first-order valence-electron chi connectivity index (χ1n) is 6.10. The van der Waals surface area contributed by atoms with Crippen LogP contribution in [0.1, 0.15) is 12.5 Å². The van der Waals surface area contributed by atoms with Crippen molar-refractivity contribution in [1.29, 1.82) is 0 Å². The summed E-state index contributed by atoms with van der Waals surface area (Å²) in [6.45, 7) is 2.04. The zero-order chi connectivity index (χ0) is 14.8. The van der Waals surface area contributed by atoms with E-state index in [9.17, 15) is 8.42 Å². The third-order valence-corrected chi connectivity index (χ3v) is 3.84. The molecule has 2 rings (SSSR count). The fourth-order valence-corrected chi connectivity index (χ4v) is 2.49. The molecule has 5 nitrogen and oxygen atoms in total. The topological polar surface area (TPSA) is 95.4 Å². The van der Waals surface area contributed by atoms with Gasteiger partial charge in [-0.05, 0) is 36.2 Å². The highest BCUT2D eigenvalue weighted by Crippen LogP contribution is 2.32. The molecule has 2 aromatic carbocycles. The SMILES string of the molecule is CCc1cccc(Oc2cccc(S(N)(=O)=O)c2N)c1. The fraction of sp³-hybridized carbons (Fsp3) is 0.143. The number of anilines is 1. The van der Waals surface area contributed by atoms with Gasteiger partial charge in [-0.15, -0.1) is 0 Å². The van der Waals surface area contributed by atoms with E-state index in [4.69, 9.17) is 15.6 Å². The number of primary sulfonamides is 1. The van der Waals surface area contributed by atoms with Gasteiger partial charge in [0.2, 0.25) is 10.0 Å². The minimum absolute atomic E-state index is 0.0110. The maximum atomic E-state index is 11.4. The molecule has 0 heterocycles. The predicted octanol–water partition coefficient (Wildman–Crippen LogP) is 2.27. The fourth-order valence-electron chi connectivity index (χ4n) is 1.82. The molecule has 6 heteroatoms. The molecule has 0 bridgehead atoms. The number of sulfonamides is 1. The molecular weight excluding hydrogens is 276 g/mol. The Balaban J connectivity index is 2.39. The molecule has 0 aliphatic rings. The number of nitrogen functional groups attached to an aromatic ring is 1. The largest absolute Gasteiger partial charge is 0.455 e. The Hall–Kier alpha value is -2.05. The molecule has 20 heavy (non-hydrogen) atoms. The van der Waals surface area contributed by atoms with Gasteiger partial charge in [0.05, 0.1) is 5.69 Å². The second-order valence-electron chi connectivity index (χ2n) is 4.32. The number of para-hydroxylation sites is 1. The highest BCUT2D eigenvalue weighted by molar-refractivity contribution is 7.89. The van der Waals surface area contributed by atoms with E-state index >= 15 is 0 Å². The van der Waals surface area contributed by atoms with Crippen LogP contribution >= 0.6 is 0 Å². The van der Waals surface area contributed by atoms with Crippen molar-refractivity contribution in [3.05, 3.63) is 48.0 Å². The standard InChI is InChI=1S/C14H16N2O3S/c1-2-10-5-3-6-11(9-10)19-12-7-4-8-13(14(12)15)20(16,17)18/h3-9H,2,15H2,1H3,(H2,16,17,18). The van der Waals surface area contributed by atoms with E-state index in [0.717, 1.165) is 12.0 Å². The minimum Gasteiger partial charge on any atom is -0.455 e. The lowest BCUT2D eigenvalue weighted by atomic mass is 10.2. The Morgan fingerprint density at radius 3 is 2.50 bits per heavy atom. The molecule has 2 aromatic rings. The van der Waals surface area contributed by atoms with Crippen LogP contribution in [0.3, 0.4) is 0 Å². The van der Waals surface area contributed by atoms with Crippen molar-refractivity contribution in [2.24, 2.45) is 5.14 Å². The van der Waals surface area contributed by atoms with Gasteiger partial charge in [-0.3, -0.25) is 0 Å². The number of hydrogen-bond donors (Lipinski definition) is 2. The smallest absolute Gasteiger partial charge is 0.240 e. The first-order chi connectivity index (χ1) is 9.41. The Morgan fingerprint density at radius 1 is 1.15 bits per heavy atom. The van der Waals surface area contributed by atoms with Crippen molar-refractivity contribution < 1.29 is 13.2 Å². The lowest BCUT2D eigenvalue weighted by molar-refractivity contribution is 0.483. The quantitative estimate of drug-likeness (QED) is 0.845. The van der Waals surface area contributed by atoms with Crippen LogP contribution < -0.4 is 15.6 Å². The third-order valence-electron chi connectivity index (χ3n) is 2.87. The van der Waals surface area contributed by atoms with E-state index in [2.05, 4.69) is 0 Å². The summed E-state index contributed by atoms with van der Waals surface area (Å²) in [5, 5.41) is 5.10. The van der Waals surface area contributed by atoms with E-state index in [-0.39, 0.29) is 16.3 Å². The number of ether oxygens (including phenoxy) is 1. The van der Waals surface area contributed by atoms with Gasteiger partial charge in [0.1, 0.15) is 10.6 Å². The number of rotatable bonds is 4. The Kier molecular flexibility index (Phi) is 3.96. The Bertz CT molecular complexity index is 727. The molecule has 0 saturated heterocycles. The van der Waals surface area contributed by atoms with Crippen LogP contribution in [0.4, 0.5) is 5.69 Å². The maximum absolute atomic E-state index is 11.4. The molecule has 0 aliphatic carbocycles. The maximum Gasteiger partial charge on any atom is 0.240 e. The van der Waals surface area contributed by atoms with Crippen molar-refractivity contribution in [1.82, 2.24) is 0 Å². The zero-order valence-electron chi connectivity index (χ0n) is 11.0. The molecule has 0 aromatic heterocycles. The van der Waals surface area contributed by atoms with Gasteiger partial charge in [0, 0.05) is 0 Å². The molecule has 0 atom stereocenters. The highest BCUT2D eigenvalue weighted by atomic mass is 32.2. The van der Waals surface area contributed by atoms with Crippen molar-refractivity contribution in [2.45, 2.75) is 18.2 Å². The summed E-state index contributed by atoms with van der Waals surface area (Å²) in [4.78, 5) is -0.137. The van der Waals surface area contributed by atoms with E-state index in [0.29, 0.717) is 5.75 Å². The van der Waals surface area contributed by atoms with Crippen LogP contribution in [0.25, 0.3) is 0 Å². The minimum atomic E-state index is -3.87. The van der Waals surface area contributed by atoms with Gasteiger partial charge in [-0.2, -0.15) is 0 Å². The summed E-state index contributed by atoms with van der Waals surface area (Å²) in [6, 6.07) is 12.0. The Labute approximate surface area is 118 Å². The van der Waals surface area contributed by atoms with E-state index in [1.54, 1.807) is 12.1 Å². The predicted molar refractivity (Wildman–Crippen MR) is 78.1 cm³/mol. The number of benzene rings is 2. The summed E-state index contributed by atoms with van der Waals surface area (Å²) in [6.07, 6.45) is 0.879. The van der Waals surface area contributed by atoms with Crippen molar-refractivity contribution in [3.63, 3.8) is 0 Å². The average Bonchev–Trinajstić information content (AvgIpc) is 2.40. The second kappa shape index (κ2) is 5.52. The molecular formula is C14H16N2O3S. The van der Waals surface area contributed by atoms with Gasteiger partial charge >= 0.3 is 0 Å². The van der Waals surface area contributed by atoms with Crippen LogP contribution in [0.15, 0.2) is 47.4 Å². The number of nitrogens with two attached hydrogens (primary N) is 2. The molecule has 0 amide bonds. The average molecular weight is 292 g/mol. The third kappa shape index (κ3) is 3.09. The van der Waals surface area contributed by atoms with Crippen molar-refractivity contribution in [2.75, 3.05) is 5.73 Å². The van der Waals surface area contributed by atoms with Crippen molar-refractivity contribution >= 4 is 15.7 Å². The molecule has 0 radical (unpaired) electrons. The van der Waals surface area contributed by atoms with E-state index in [1.807, 2.05) is 25.1 Å². The van der Waals surface area contributed by atoms with Gasteiger partial charge in [0.15, 0.2) is 5.75 Å². The number of hydrogen-bond acceptors (Lipinski definition) is 4. The molecule has 106 valence electrons. The van der Waals surface area contributed by atoms with Crippen LogP contribution in [0.5, 0.6) is 11.5 Å². The second-order valence-corrected chi connectivity index (χ2v) is 5.85. The summed E-state index contributed by atoms with van der Waals surface area (Å²) in [7, 11) is -3.87. The summed E-state index contributed by atoms with van der Waals surface area (Å²) < 4.78 is 28.4. The van der Waals surface area contributed by atoms with Gasteiger partial charge in [0.25, 0.3) is 0 Å². The molecule has 0 unspecified atom stereocenters. The lowest BCUT2D eigenvalue weighted by Gasteiger charge is -2.11. The number of aryl methyl sites for hydroxylation is 1. The molecule has 0 saturated carbocycles. The first-order valence-corrected chi connectivity index (χ1v) is 7.64. The van der Waals surface area contributed by atoms with Gasteiger partial charge in [-0.25, -0.2) is 13.6 Å². The van der Waals surface area contributed by atoms with Crippen LogP contribution in [-0.2, 0) is 16.4 Å². The molecule has 0 aliphatic heterocycles. The summed E-state index contributed by atoms with van der Waals surface area (Å²) in [5.74, 6) is 0.868. The van der Waals surface area contributed by atoms with Crippen LogP contribution in [0, 0.1) is 0 Å². The molecule has 0 fully saturated rings.